The van der Waals surface area contributed by atoms with Crippen LogP contribution in [0.2, 0.25) is 0 Å². The molecule has 0 saturated carbocycles. The monoisotopic (exact) mass is 389 g/mol. The lowest BCUT2D eigenvalue weighted by molar-refractivity contribution is 0.0310. The van der Waals surface area contributed by atoms with Crippen molar-refractivity contribution in [2.75, 3.05) is 59.5 Å². The number of hydrogen-bond donors (Lipinski definition) is 2. The molecule has 0 radical (unpaired) electrons. The van der Waals surface area contributed by atoms with Crippen molar-refractivity contribution >= 4 is 5.96 Å². The van der Waals surface area contributed by atoms with Gasteiger partial charge in [-0.1, -0.05) is 30.3 Å². The predicted molar refractivity (Wildman–Crippen MR) is 118 cm³/mol. The molecule has 1 aliphatic heterocycles. The van der Waals surface area contributed by atoms with E-state index >= 15 is 0 Å². The second-order valence-corrected chi connectivity index (χ2v) is 8.04. The Morgan fingerprint density at radius 3 is 2.39 bits per heavy atom. The van der Waals surface area contributed by atoms with Crippen LogP contribution in [0.15, 0.2) is 35.3 Å². The highest BCUT2D eigenvalue weighted by molar-refractivity contribution is 5.79. The average molecular weight is 390 g/mol. The van der Waals surface area contributed by atoms with Crippen molar-refractivity contribution in [1.29, 1.82) is 0 Å². The molecule has 0 spiro atoms. The fourth-order valence-electron chi connectivity index (χ4n) is 3.20. The molecule has 1 aromatic carbocycles. The molecule has 1 saturated heterocycles. The molecule has 0 unspecified atom stereocenters. The van der Waals surface area contributed by atoms with Crippen LogP contribution in [-0.4, -0.2) is 80.8 Å². The van der Waals surface area contributed by atoms with E-state index in [2.05, 4.69) is 76.5 Å². The lowest BCUT2D eigenvalue weighted by Crippen LogP contribution is -2.46. The number of hydrogen-bond acceptors (Lipinski definition) is 4. The molecule has 0 atom stereocenters. The summed E-state index contributed by atoms with van der Waals surface area (Å²) in [7, 11) is 1.73. The zero-order valence-corrected chi connectivity index (χ0v) is 18.2. The van der Waals surface area contributed by atoms with Crippen LogP contribution in [0, 0.1) is 0 Å². The highest BCUT2D eigenvalue weighted by Crippen LogP contribution is 2.09. The Morgan fingerprint density at radius 2 is 1.75 bits per heavy atom. The number of aliphatic imine (C=N–C) groups is 1. The maximum atomic E-state index is 5.44. The Balaban J connectivity index is 1.63. The normalized spacial score (nSPS) is 16.9. The van der Waals surface area contributed by atoms with Gasteiger partial charge in [-0.2, -0.15) is 0 Å². The average Bonchev–Trinajstić information content (AvgIpc) is 2.71. The van der Waals surface area contributed by atoms with Gasteiger partial charge in [-0.25, -0.2) is 0 Å². The van der Waals surface area contributed by atoms with E-state index in [1.165, 1.54) is 5.56 Å². The first-order valence-corrected chi connectivity index (χ1v) is 10.6. The van der Waals surface area contributed by atoms with Gasteiger partial charge in [-0.05, 0) is 39.3 Å². The summed E-state index contributed by atoms with van der Waals surface area (Å²) in [6, 6.07) is 10.8. The van der Waals surface area contributed by atoms with E-state index in [-0.39, 0.29) is 5.60 Å². The highest BCUT2D eigenvalue weighted by Gasteiger charge is 2.17. The third-order valence-electron chi connectivity index (χ3n) is 5.17. The minimum Gasteiger partial charge on any atom is -0.377 e. The van der Waals surface area contributed by atoms with Gasteiger partial charge < -0.3 is 20.3 Å². The molecular formula is C22H39N5O. The third kappa shape index (κ3) is 8.59. The van der Waals surface area contributed by atoms with E-state index in [4.69, 9.17) is 4.74 Å². The molecule has 0 aromatic heterocycles. The zero-order valence-electron chi connectivity index (χ0n) is 18.2. The molecule has 0 bridgehead atoms. The van der Waals surface area contributed by atoms with Crippen LogP contribution < -0.4 is 10.6 Å². The summed E-state index contributed by atoms with van der Waals surface area (Å²) in [5.74, 6) is 0.875. The van der Waals surface area contributed by atoms with Crippen LogP contribution in [0.25, 0.3) is 0 Å². The fourth-order valence-corrected chi connectivity index (χ4v) is 3.20. The van der Waals surface area contributed by atoms with Crippen molar-refractivity contribution < 1.29 is 4.74 Å². The third-order valence-corrected chi connectivity index (χ3v) is 5.17. The molecule has 28 heavy (non-hydrogen) atoms. The molecule has 6 nitrogen and oxygen atoms in total. The van der Waals surface area contributed by atoms with Crippen molar-refractivity contribution in [1.82, 2.24) is 20.4 Å². The van der Waals surface area contributed by atoms with Gasteiger partial charge in [0.05, 0.1) is 12.1 Å². The van der Waals surface area contributed by atoms with Gasteiger partial charge in [-0.3, -0.25) is 9.89 Å². The van der Waals surface area contributed by atoms with E-state index in [0.29, 0.717) is 6.54 Å². The number of guanidine groups is 1. The SMILES string of the molecule is CCNC(=NCC(C)(C)OC)NCCCN1CCN(Cc2ccccc2)CC1. The van der Waals surface area contributed by atoms with Crippen LogP contribution in [0.4, 0.5) is 0 Å². The van der Waals surface area contributed by atoms with Crippen LogP contribution in [0.3, 0.4) is 0 Å². The number of piperazine rings is 1. The lowest BCUT2D eigenvalue weighted by atomic mass is 10.1. The standard InChI is InChI=1S/C22H39N5O/c1-5-23-21(25-19-22(2,3)28-4)24-12-9-13-26-14-16-27(17-15-26)18-20-10-7-6-8-11-20/h6-8,10-11H,5,9,12-19H2,1-4H3,(H2,23,24,25). The molecule has 1 fully saturated rings. The molecule has 0 amide bonds. The molecule has 158 valence electrons. The Kier molecular flexibility index (Phi) is 9.75. The smallest absolute Gasteiger partial charge is 0.191 e. The Bertz CT molecular complexity index is 568. The van der Waals surface area contributed by atoms with E-state index < -0.39 is 0 Å². The van der Waals surface area contributed by atoms with Crippen LogP contribution in [-0.2, 0) is 11.3 Å². The van der Waals surface area contributed by atoms with Gasteiger partial charge in [0.25, 0.3) is 0 Å². The number of benzene rings is 1. The number of ether oxygens (including phenoxy) is 1. The first kappa shape index (κ1) is 22.7. The lowest BCUT2D eigenvalue weighted by Gasteiger charge is -2.34. The van der Waals surface area contributed by atoms with Gasteiger partial charge in [0.1, 0.15) is 0 Å². The van der Waals surface area contributed by atoms with Gasteiger partial charge in [0, 0.05) is 52.9 Å². The van der Waals surface area contributed by atoms with Crippen molar-refractivity contribution in [3.8, 4) is 0 Å². The number of methoxy groups -OCH3 is 1. The summed E-state index contributed by atoms with van der Waals surface area (Å²) in [4.78, 5) is 9.76. The molecule has 0 aliphatic carbocycles. The molecule has 1 aliphatic rings. The van der Waals surface area contributed by atoms with E-state index in [9.17, 15) is 0 Å². The number of rotatable bonds is 10. The minimum absolute atomic E-state index is 0.234. The van der Waals surface area contributed by atoms with Crippen LogP contribution in [0.1, 0.15) is 32.8 Å². The minimum atomic E-state index is -0.234. The summed E-state index contributed by atoms with van der Waals surface area (Å²) >= 11 is 0. The van der Waals surface area contributed by atoms with E-state index in [0.717, 1.165) is 64.7 Å². The molecule has 2 N–H and O–H groups in total. The van der Waals surface area contributed by atoms with Crippen molar-refractivity contribution in [2.45, 2.75) is 39.3 Å². The first-order chi connectivity index (χ1) is 13.5. The summed E-state index contributed by atoms with van der Waals surface area (Å²) in [5.41, 5.74) is 1.17. The predicted octanol–water partition coefficient (Wildman–Crippen LogP) is 2.17. The summed E-state index contributed by atoms with van der Waals surface area (Å²) in [6.07, 6.45) is 1.12. The summed E-state index contributed by atoms with van der Waals surface area (Å²) in [6.45, 7) is 15.5. The van der Waals surface area contributed by atoms with E-state index in [1.807, 2.05) is 0 Å². The summed E-state index contributed by atoms with van der Waals surface area (Å²) in [5, 5.41) is 6.75. The van der Waals surface area contributed by atoms with Crippen molar-refractivity contribution in [3.05, 3.63) is 35.9 Å². The van der Waals surface area contributed by atoms with Gasteiger partial charge in [0.2, 0.25) is 0 Å². The van der Waals surface area contributed by atoms with Gasteiger partial charge in [0.15, 0.2) is 5.96 Å². The van der Waals surface area contributed by atoms with Crippen molar-refractivity contribution in [3.63, 3.8) is 0 Å². The number of nitrogens with one attached hydrogen (secondary N) is 2. The molecule has 2 rings (SSSR count). The van der Waals surface area contributed by atoms with Crippen LogP contribution in [0.5, 0.6) is 0 Å². The quantitative estimate of drug-likeness (QED) is 0.365. The Hall–Kier alpha value is -1.63. The molecule has 1 aromatic rings. The maximum Gasteiger partial charge on any atom is 0.191 e. The second kappa shape index (κ2) is 12.0. The summed E-state index contributed by atoms with van der Waals surface area (Å²) < 4.78 is 5.44. The van der Waals surface area contributed by atoms with E-state index in [1.54, 1.807) is 7.11 Å². The zero-order chi connectivity index (χ0) is 20.2. The Morgan fingerprint density at radius 1 is 1.07 bits per heavy atom. The highest BCUT2D eigenvalue weighted by atomic mass is 16.5. The number of nitrogens with zero attached hydrogens (tertiary/aromatic N) is 3. The molecular weight excluding hydrogens is 350 g/mol. The van der Waals surface area contributed by atoms with Gasteiger partial charge in [-0.15, -0.1) is 0 Å². The fraction of sp³-hybridized carbons (Fsp3) is 0.682. The molecule has 6 heteroatoms. The topological polar surface area (TPSA) is 52.1 Å². The molecule has 1 heterocycles. The Labute approximate surface area is 171 Å². The van der Waals surface area contributed by atoms with Crippen LogP contribution >= 0.6 is 0 Å². The first-order valence-electron chi connectivity index (χ1n) is 10.6. The maximum absolute atomic E-state index is 5.44. The van der Waals surface area contributed by atoms with Crippen molar-refractivity contribution in [2.24, 2.45) is 4.99 Å². The largest absolute Gasteiger partial charge is 0.377 e. The van der Waals surface area contributed by atoms with Gasteiger partial charge >= 0.3 is 0 Å². The second-order valence-electron chi connectivity index (χ2n) is 8.04.